The molecule has 31 heavy (non-hydrogen) atoms. The Balaban J connectivity index is 2.02. The minimum absolute atomic E-state index is 0.0333. The van der Waals surface area contributed by atoms with Crippen LogP contribution < -0.4 is 11.1 Å². The predicted molar refractivity (Wildman–Crippen MR) is 122 cm³/mol. The first kappa shape index (κ1) is 24.9. The number of rotatable bonds is 8. The van der Waals surface area contributed by atoms with Crippen LogP contribution in [0.25, 0.3) is 0 Å². The molecule has 0 unspecified atom stereocenters. The van der Waals surface area contributed by atoms with Gasteiger partial charge in [0.15, 0.2) is 5.13 Å². The summed E-state index contributed by atoms with van der Waals surface area (Å²) < 4.78 is 5.59. The summed E-state index contributed by atoms with van der Waals surface area (Å²) in [6.45, 7) is 11.4. The normalized spacial score (nSPS) is 16.7. The van der Waals surface area contributed by atoms with Gasteiger partial charge in [0.1, 0.15) is 5.60 Å². The van der Waals surface area contributed by atoms with Gasteiger partial charge in [-0.2, -0.15) is 0 Å². The third kappa shape index (κ3) is 7.39. The average molecular weight is 452 g/mol. The second-order valence-electron chi connectivity index (χ2n) is 8.65. The lowest BCUT2D eigenvalue weighted by Gasteiger charge is -2.35. The van der Waals surface area contributed by atoms with Gasteiger partial charge in [-0.15, -0.1) is 11.3 Å². The van der Waals surface area contributed by atoms with E-state index in [1.54, 1.807) is 0 Å². The van der Waals surface area contributed by atoms with Crippen molar-refractivity contribution in [2.45, 2.75) is 83.9 Å². The van der Waals surface area contributed by atoms with Crippen LogP contribution in [-0.4, -0.2) is 58.7 Å². The second-order valence-corrected chi connectivity index (χ2v) is 9.73. The maximum atomic E-state index is 12.7. The molecule has 3 amide bonds. The molecule has 0 spiro atoms. The third-order valence-corrected chi connectivity index (χ3v) is 5.89. The lowest BCUT2D eigenvalue weighted by atomic mass is 9.96. The van der Waals surface area contributed by atoms with Gasteiger partial charge in [-0.3, -0.25) is 9.59 Å². The molecular formula is C21H33N5O4S. The van der Waals surface area contributed by atoms with Crippen molar-refractivity contribution in [2.24, 2.45) is 10.7 Å². The van der Waals surface area contributed by atoms with Crippen LogP contribution in [0, 0.1) is 0 Å². The molecule has 0 aromatic carbocycles. The number of thiazole rings is 1. The maximum Gasteiger partial charge on any atom is 0.410 e. The number of anilines is 1. The summed E-state index contributed by atoms with van der Waals surface area (Å²) in [7, 11) is 0. The summed E-state index contributed by atoms with van der Waals surface area (Å²) in [5, 5.41) is 3.23. The average Bonchev–Trinajstić information content (AvgIpc) is 3.09. The highest BCUT2D eigenvalue weighted by Crippen LogP contribution is 2.32. The Hall–Kier alpha value is -2.33. The second kappa shape index (κ2) is 10.8. The fourth-order valence-electron chi connectivity index (χ4n) is 3.35. The number of ether oxygens (including phenoxy) is 1. The molecule has 9 nitrogen and oxygen atoms in total. The van der Waals surface area contributed by atoms with Gasteiger partial charge in [0, 0.05) is 30.3 Å². The highest BCUT2D eigenvalue weighted by Gasteiger charge is 2.32. The zero-order valence-electron chi connectivity index (χ0n) is 18.8. The number of fused-ring (bicyclic) bond motifs is 1. The molecule has 1 heterocycles. The Kier molecular flexibility index (Phi) is 8.69. The first-order valence-electron chi connectivity index (χ1n) is 10.6. The molecule has 172 valence electrons. The number of carbonyl (C=O) groups is 3. The first-order valence-corrected chi connectivity index (χ1v) is 11.4. The van der Waals surface area contributed by atoms with E-state index < -0.39 is 11.6 Å². The number of amides is 3. The molecule has 2 rings (SSSR count). The minimum Gasteiger partial charge on any atom is -0.444 e. The van der Waals surface area contributed by atoms with Gasteiger partial charge in [-0.1, -0.05) is 6.92 Å². The summed E-state index contributed by atoms with van der Waals surface area (Å²) in [6, 6.07) is -0.794. The van der Waals surface area contributed by atoms with E-state index in [0.717, 1.165) is 29.8 Å². The fraction of sp³-hybridized carbons (Fsp3) is 0.667. The molecular weight excluding hydrogens is 418 g/mol. The SMILES string of the molecule is C=NC(=O)CC[C@H](N)C(=O)Nc1nc2c(s1)C[C@@H](N(CCC)C(=O)OC(C)(C)C)CC2. The van der Waals surface area contributed by atoms with Crippen molar-refractivity contribution in [1.29, 1.82) is 0 Å². The van der Waals surface area contributed by atoms with Crippen molar-refractivity contribution in [3.63, 3.8) is 0 Å². The smallest absolute Gasteiger partial charge is 0.410 e. The topological polar surface area (TPSA) is 127 Å². The van der Waals surface area contributed by atoms with Crippen molar-refractivity contribution in [3.8, 4) is 0 Å². The van der Waals surface area contributed by atoms with Crippen molar-refractivity contribution < 1.29 is 19.1 Å². The van der Waals surface area contributed by atoms with Gasteiger partial charge < -0.3 is 20.7 Å². The molecule has 10 heteroatoms. The van der Waals surface area contributed by atoms with Crippen molar-refractivity contribution in [3.05, 3.63) is 10.6 Å². The van der Waals surface area contributed by atoms with Crippen LogP contribution in [0.4, 0.5) is 9.93 Å². The van der Waals surface area contributed by atoms with Gasteiger partial charge in [-0.25, -0.2) is 14.8 Å². The number of aliphatic imine (C=N–C) groups is 1. The van der Waals surface area contributed by atoms with Gasteiger partial charge in [0.2, 0.25) is 11.8 Å². The minimum atomic E-state index is -0.827. The van der Waals surface area contributed by atoms with E-state index in [9.17, 15) is 14.4 Å². The quantitative estimate of drug-likeness (QED) is 0.585. The summed E-state index contributed by atoms with van der Waals surface area (Å²) in [5.74, 6) is -0.776. The van der Waals surface area contributed by atoms with E-state index in [4.69, 9.17) is 10.5 Å². The van der Waals surface area contributed by atoms with Crippen molar-refractivity contribution >= 4 is 41.1 Å². The Morgan fingerprint density at radius 3 is 2.74 bits per heavy atom. The molecule has 1 aliphatic rings. The molecule has 0 saturated carbocycles. The number of nitrogens with two attached hydrogens (primary N) is 1. The number of hydrogen-bond acceptors (Lipinski definition) is 7. The van der Waals surface area contributed by atoms with Gasteiger partial charge in [0.05, 0.1) is 11.7 Å². The summed E-state index contributed by atoms with van der Waals surface area (Å²) in [6.07, 6.45) is 3.00. The molecule has 1 aromatic rings. The van der Waals surface area contributed by atoms with Crippen LogP contribution in [0.3, 0.4) is 0 Å². The molecule has 0 radical (unpaired) electrons. The molecule has 2 atom stereocenters. The first-order chi connectivity index (χ1) is 14.5. The standard InChI is InChI=1S/C21H33N5O4S/c1-6-11-26(20(29)30-21(2,3)4)13-7-9-15-16(12-13)31-19(24-15)25-18(28)14(22)8-10-17(27)23-5/h13-14H,5-12,22H2,1-4H3,(H,24,25,28)/t13-,14-/m0/s1. The van der Waals surface area contributed by atoms with E-state index in [2.05, 4.69) is 22.0 Å². The molecule has 1 aromatic heterocycles. The van der Waals surface area contributed by atoms with E-state index in [1.807, 2.05) is 32.6 Å². The number of aryl methyl sites for hydroxylation is 1. The van der Waals surface area contributed by atoms with Gasteiger partial charge in [-0.05, 0) is 53.2 Å². The molecule has 0 saturated heterocycles. The Labute approximate surface area is 187 Å². The molecule has 1 aliphatic carbocycles. The summed E-state index contributed by atoms with van der Waals surface area (Å²) in [4.78, 5) is 46.9. The fourth-order valence-corrected chi connectivity index (χ4v) is 4.43. The van der Waals surface area contributed by atoms with E-state index in [0.29, 0.717) is 18.1 Å². The Morgan fingerprint density at radius 1 is 1.42 bits per heavy atom. The monoisotopic (exact) mass is 451 g/mol. The molecule has 3 N–H and O–H groups in total. The van der Waals surface area contributed by atoms with Crippen LogP contribution in [0.1, 0.15) is 63.9 Å². The van der Waals surface area contributed by atoms with Crippen LogP contribution in [0.2, 0.25) is 0 Å². The van der Waals surface area contributed by atoms with Crippen molar-refractivity contribution in [1.82, 2.24) is 9.88 Å². The Morgan fingerprint density at radius 2 is 2.13 bits per heavy atom. The number of nitrogens with zero attached hydrogens (tertiary/aromatic N) is 3. The lowest BCUT2D eigenvalue weighted by molar-refractivity contribution is -0.119. The van der Waals surface area contributed by atoms with Crippen LogP contribution in [0.5, 0.6) is 0 Å². The predicted octanol–water partition coefficient (Wildman–Crippen LogP) is 2.92. The third-order valence-electron chi connectivity index (χ3n) is 4.86. The van der Waals surface area contributed by atoms with Crippen molar-refractivity contribution in [2.75, 3.05) is 11.9 Å². The van der Waals surface area contributed by atoms with Crippen LogP contribution in [-0.2, 0) is 27.2 Å². The summed E-state index contributed by atoms with van der Waals surface area (Å²) in [5.41, 5.74) is 6.26. The van der Waals surface area contributed by atoms with E-state index >= 15 is 0 Å². The van der Waals surface area contributed by atoms with Crippen LogP contribution >= 0.6 is 11.3 Å². The van der Waals surface area contributed by atoms with E-state index in [1.165, 1.54) is 11.3 Å². The van der Waals surface area contributed by atoms with Crippen LogP contribution in [0.15, 0.2) is 4.99 Å². The zero-order valence-corrected chi connectivity index (χ0v) is 19.6. The number of aromatic nitrogens is 1. The maximum absolute atomic E-state index is 12.7. The van der Waals surface area contributed by atoms with E-state index in [-0.39, 0.29) is 36.8 Å². The number of carbonyl (C=O) groups excluding carboxylic acids is 3. The van der Waals surface area contributed by atoms with Gasteiger partial charge in [0.25, 0.3) is 0 Å². The highest BCUT2D eigenvalue weighted by atomic mass is 32.1. The number of nitrogens with one attached hydrogen (secondary N) is 1. The lowest BCUT2D eigenvalue weighted by Crippen LogP contribution is -2.46. The molecule has 0 bridgehead atoms. The largest absolute Gasteiger partial charge is 0.444 e. The molecule has 0 aliphatic heterocycles. The number of hydrogen-bond donors (Lipinski definition) is 2. The van der Waals surface area contributed by atoms with Gasteiger partial charge >= 0.3 is 6.09 Å². The zero-order chi connectivity index (χ0) is 23.2. The molecule has 0 fully saturated rings. The summed E-state index contributed by atoms with van der Waals surface area (Å²) >= 11 is 1.40. The Bertz CT molecular complexity index is 817. The highest BCUT2D eigenvalue weighted by molar-refractivity contribution is 7.15.